The molecule has 0 aliphatic heterocycles. The van der Waals surface area contributed by atoms with Gasteiger partial charge in [0, 0.05) is 13.7 Å². The topological polar surface area (TPSA) is 83.3 Å². The summed E-state index contributed by atoms with van der Waals surface area (Å²) in [5, 5.41) is 0.224. The maximum absolute atomic E-state index is 12.6. The molecule has 2 aromatic rings. The Hall–Kier alpha value is -2.84. The van der Waals surface area contributed by atoms with Crippen LogP contribution in [0.4, 0.5) is 0 Å². The highest BCUT2D eigenvalue weighted by molar-refractivity contribution is 7.80. The molecule has 1 atom stereocenters. The van der Waals surface area contributed by atoms with E-state index in [1.165, 1.54) is 5.56 Å². The summed E-state index contributed by atoms with van der Waals surface area (Å²) in [4.78, 5) is 14.5. The zero-order chi connectivity index (χ0) is 27.8. The van der Waals surface area contributed by atoms with Gasteiger partial charge >= 0.3 is 5.97 Å². The number of carbonyl (C=O) groups excluding carboxylic acids is 1. The van der Waals surface area contributed by atoms with Crippen molar-refractivity contribution >= 4 is 23.3 Å². The van der Waals surface area contributed by atoms with E-state index < -0.39 is 5.41 Å². The van der Waals surface area contributed by atoms with E-state index >= 15 is 0 Å². The molecule has 2 N–H and O–H groups in total. The van der Waals surface area contributed by atoms with Gasteiger partial charge in [-0.3, -0.25) is 4.79 Å². The van der Waals surface area contributed by atoms with Gasteiger partial charge in [0.25, 0.3) is 0 Å². The molecule has 1 unspecified atom stereocenters. The largest absolute Gasteiger partial charge is 0.493 e. The van der Waals surface area contributed by atoms with E-state index in [1.807, 2.05) is 43.9 Å². The lowest BCUT2D eigenvalue weighted by Crippen LogP contribution is -2.47. The van der Waals surface area contributed by atoms with Gasteiger partial charge in [0.15, 0.2) is 23.4 Å². The van der Waals surface area contributed by atoms with Gasteiger partial charge in [0.1, 0.15) is 6.61 Å². The molecular formula is C29H42N2O5S. The number of hydrogen-bond donors (Lipinski definition) is 1. The average molecular weight is 531 g/mol. The second-order valence-corrected chi connectivity index (χ2v) is 11.6. The van der Waals surface area contributed by atoms with Crippen LogP contribution in [0.15, 0.2) is 42.5 Å². The number of ether oxygens (including phenoxy) is 4. The van der Waals surface area contributed by atoms with Gasteiger partial charge in [-0.15, -0.1) is 0 Å². The van der Waals surface area contributed by atoms with Crippen LogP contribution in [0, 0.1) is 5.41 Å². The van der Waals surface area contributed by atoms with E-state index in [2.05, 4.69) is 45.0 Å². The molecular weight excluding hydrogens is 488 g/mol. The summed E-state index contributed by atoms with van der Waals surface area (Å²) in [7, 11) is 3.14. The van der Waals surface area contributed by atoms with Crippen molar-refractivity contribution in [3.63, 3.8) is 0 Å². The number of esters is 1. The second-order valence-electron chi connectivity index (χ2n) is 11.2. The minimum Gasteiger partial charge on any atom is -0.493 e. The van der Waals surface area contributed by atoms with Crippen LogP contribution in [0.3, 0.4) is 0 Å². The predicted molar refractivity (Wildman–Crippen MR) is 151 cm³/mol. The molecule has 37 heavy (non-hydrogen) atoms. The minimum atomic E-state index is -0.613. The van der Waals surface area contributed by atoms with E-state index in [-0.39, 0.29) is 35.9 Å². The van der Waals surface area contributed by atoms with Crippen LogP contribution in [0.2, 0.25) is 0 Å². The number of thiocarbonyl (C=S) groups is 1. The molecule has 0 fully saturated rings. The SMILES string of the molecule is COCOc1ccc(CN(C(N)=S)C(COC(=O)C(C)(C)C)Cc2ccc(C(C)(C)C)cc2)cc1OC. The van der Waals surface area contributed by atoms with Gasteiger partial charge in [0.2, 0.25) is 0 Å². The minimum absolute atomic E-state index is 0.0587. The van der Waals surface area contributed by atoms with Crippen molar-refractivity contribution < 1.29 is 23.7 Å². The molecule has 0 aromatic heterocycles. The lowest BCUT2D eigenvalue weighted by molar-refractivity contribution is -0.154. The first-order valence-corrected chi connectivity index (χ1v) is 12.8. The lowest BCUT2D eigenvalue weighted by Gasteiger charge is -2.33. The standard InChI is InChI=1S/C29H42N2O5S/c1-28(2,3)22-12-9-20(10-13-22)15-23(18-35-26(32)29(4,5)6)31(27(30)37)17-21-11-14-24(36-19-33-7)25(16-21)34-8/h9-14,16,23H,15,17-19H2,1-8H3,(H2,30,37). The highest BCUT2D eigenvalue weighted by Crippen LogP contribution is 2.29. The fourth-order valence-electron chi connectivity index (χ4n) is 3.70. The number of hydrogen-bond acceptors (Lipinski definition) is 6. The Morgan fingerprint density at radius 2 is 1.59 bits per heavy atom. The summed E-state index contributed by atoms with van der Waals surface area (Å²) in [6.45, 7) is 12.7. The number of methoxy groups -OCH3 is 2. The van der Waals surface area contributed by atoms with Crippen LogP contribution >= 0.6 is 12.2 Å². The van der Waals surface area contributed by atoms with Gasteiger partial charge < -0.3 is 29.6 Å². The summed E-state index contributed by atoms with van der Waals surface area (Å²) in [5.74, 6) is 0.875. The quantitative estimate of drug-likeness (QED) is 0.241. The third-order valence-corrected chi connectivity index (χ3v) is 6.18. The van der Waals surface area contributed by atoms with Gasteiger partial charge in [-0.1, -0.05) is 51.1 Å². The van der Waals surface area contributed by atoms with Crippen LogP contribution in [0.25, 0.3) is 0 Å². The molecule has 204 valence electrons. The zero-order valence-corrected chi connectivity index (χ0v) is 24.2. The van der Waals surface area contributed by atoms with Crippen molar-refractivity contribution in [2.45, 2.75) is 66.0 Å². The Balaban J connectivity index is 2.34. The first kappa shape index (κ1) is 30.4. The van der Waals surface area contributed by atoms with Crippen molar-refractivity contribution in [1.82, 2.24) is 4.90 Å². The van der Waals surface area contributed by atoms with Crippen molar-refractivity contribution in [2.75, 3.05) is 27.6 Å². The third-order valence-electron chi connectivity index (χ3n) is 5.95. The van der Waals surface area contributed by atoms with Crippen LogP contribution in [-0.2, 0) is 32.6 Å². The van der Waals surface area contributed by atoms with Crippen LogP contribution in [0.1, 0.15) is 58.2 Å². The maximum Gasteiger partial charge on any atom is 0.311 e. The number of nitrogens with zero attached hydrogens (tertiary/aromatic N) is 1. The van der Waals surface area contributed by atoms with Gasteiger partial charge in [0.05, 0.1) is 18.6 Å². The zero-order valence-electron chi connectivity index (χ0n) is 23.4. The molecule has 0 saturated carbocycles. The number of carbonyl (C=O) groups is 1. The molecule has 8 heteroatoms. The van der Waals surface area contributed by atoms with E-state index in [1.54, 1.807) is 14.2 Å². The fraction of sp³-hybridized carbons (Fsp3) is 0.517. The van der Waals surface area contributed by atoms with Crippen molar-refractivity contribution in [3.05, 3.63) is 59.2 Å². The Kier molecular flexibility index (Phi) is 10.8. The summed E-state index contributed by atoms with van der Waals surface area (Å²) in [6.07, 6.45) is 0.603. The molecule has 0 spiro atoms. The Labute approximate surface area is 227 Å². The molecule has 0 saturated heterocycles. The van der Waals surface area contributed by atoms with Crippen LogP contribution in [0.5, 0.6) is 11.5 Å². The molecule has 2 rings (SSSR count). The van der Waals surface area contributed by atoms with Gasteiger partial charge in [-0.05, 0) is 73.6 Å². The highest BCUT2D eigenvalue weighted by atomic mass is 32.1. The first-order valence-electron chi connectivity index (χ1n) is 12.4. The summed E-state index contributed by atoms with van der Waals surface area (Å²) < 4.78 is 21.8. The third kappa shape index (κ3) is 9.20. The molecule has 0 heterocycles. The van der Waals surface area contributed by atoms with Crippen molar-refractivity contribution in [3.8, 4) is 11.5 Å². The second kappa shape index (κ2) is 13.1. The monoisotopic (exact) mass is 530 g/mol. The summed E-state index contributed by atoms with van der Waals surface area (Å²) in [6, 6.07) is 13.9. The van der Waals surface area contributed by atoms with E-state index in [0.717, 1.165) is 11.1 Å². The van der Waals surface area contributed by atoms with Gasteiger partial charge in [-0.2, -0.15) is 0 Å². The first-order chi connectivity index (χ1) is 17.3. The van der Waals surface area contributed by atoms with Crippen LogP contribution in [-0.4, -0.2) is 49.6 Å². The molecule has 0 aliphatic carbocycles. The number of nitrogens with two attached hydrogens (primary N) is 1. The number of rotatable bonds is 11. The normalized spacial score (nSPS) is 12.5. The lowest BCUT2D eigenvalue weighted by atomic mass is 9.86. The highest BCUT2D eigenvalue weighted by Gasteiger charge is 2.27. The molecule has 0 aliphatic rings. The van der Waals surface area contributed by atoms with Crippen molar-refractivity contribution in [1.29, 1.82) is 0 Å². The van der Waals surface area contributed by atoms with Crippen molar-refractivity contribution in [2.24, 2.45) is 11.1 Å². The Morgan fingerprint density at radius 1 is 0.973 bits per heavy atom. The number of benzene rings is 2. The predicted octanol–water partition coefficient (Wildman–Crippen LogP) is 5.22. The fourth-order valence-corrected chi connectivity index (χ4v) is 3.91. The average Bonchev–Trinajstić information content (AvgIpc) is 2.82. The maximum atomic E-state index is 12.6. The van der Waals surface area contributed by atoms with Gasteiger partial charge in [-0.25, -0.2) is 0 Å². The molecule has 0 radical (unpaired) electrons. The van der Waals surface area contributed by atoms with E-state index in [4.69, 9.17) is 36.9 Å². The molecule has 0 bridgehead atoms. The van der Waals surface area contributed by atoms with E-state index in [9.17, 15) is 4.79 Å². The van der Waals surface area contributed by atoms with Crippen LogP contribution < -0.4 is 15.2 Å². The smallest absolute Gasteiger partial charge is 0.311 e. The Bertz CT molecular complexity index is 1040. The summed E-state index contributed by atoms with van der Waals surface area (Å²) >= 11 is 5.47. The summed E-state index contributed by atoms with van der Waals surface area (Å²) in [5.41, 5.74) is 8.94. The molecule has 0 amide bonds. The van der Waals surface area contributed by atoms with E-state index in [0.29, 0.717) is 24.5 Å². The molecule has 2 aromatic carbocycles. The molecule has 7 nitrogen and oxygen atoms in total. The Morgan fingerprint density at radius 3 is 2.11 bits per heavy atom.